The summed E-state index contributed by atoms with van der Waals surface area (Å²) in [4.78, 5) is 31.9. The standard InChI is InChI=1S/C23H17ClF3N3O2S/c1-12(20(31)29-17-6-4-3-5-16(17)23(25,26)27)30-11-28-21-19(22(30)32)18(13(2)33-21)14-7-9-15(24)10-8-14/h3-12H,1-2H3,(H,29,31). The third-order valence-electron chi connectivity index (χ3n) is 5.23. The largest absolute Gasteiger partial charge is 0.418 e. The van der Waals surface area contributed by atoms with E-state index in [1.165, 1.54) is 42.8 Å². The summed E-state index contributed by atoms with van der Waals surface area (Å²) in [5, 5.41) is 3.19. The number of anilines is 1. The summed E-state index contributed by atoms with van der Waals surface area (Å²) in [6.45, 7) is 3.30. The Kier molecular flexibility index (Phi) is 6.02. The van der Waals surface area contributed by atoms with Crippen molar-refractivity contribution in [1.29, 1.82) is 0 Å². The van der Waals surface area contributed by atoms with Gasteiger partial charge in [0.2, 0.25) is 5.91 Å². The number of rotatable bonds is 4. The van der Waals surface area contributed by atoms with Gasteiger partial charge in [-0.1, -0.05) is 35.9 Å². The van der Waals surface area contributed by atoms with Gasteiger partial charge in [-0.05, 0) is 43.7 Å². The van der Waals surface area contributed by atoms with Crippen LogP contribution in [0, 0.1) is 6.92 Å². The van der Waals surface area contributed by atoms with Gasteiger partial charge in [-0.2, -0.15) is 13.2 Å². The number of benzene rings is 2. The van der Waals surface area contributed by atoms with Crippen LogP contribution in [0.25, 0.3) is 21.3 Å². The molecule has 0 fully saturated rings. The van der Waals surface area contributed by atoms with Crippen LogP contribution in [0.1, 0.15) is 23.4 Å². The molecule has 2 heterocycles. The van der Waals surface area contributed by atoms with Gasteiger partial charge >= 0.3 is 6.18 Å². The topological polar surface area (TPSA) is 64.0 Å². The number of hydrogen-bond acceptors (Lipinski definition) is 4. The molecule has 33 heavy (non-hydrogen) atoms. The number of fused-ring (bicyclic) bond motifs is 1. The molecule has 4 rings (SSSR count). The SMILES string of the molecule is Cc1sc2ncn(C(C)C(=O)Nc3ccccc3C(F)(F)F)c(=O)c2c1-c1ccc(Cl)cc1. The van der Waals surface area contributed by atoms with Gasteiger partial charge in [-0.3, -0.25) is 14.2 Å². The first-order valence-corrected chi connectivity index (χ1v) is 11.0. The molecule has 1 unspecified atom stereocenters. The fourth-order valence-corrected chi connectivity index (χ4v) is 4.69. The van der Waals surface area contributed by atoms with Crippen molar-refractivity contribution in [2.24, 2.45) is 0 Å². The van der Waals surface area contributed by atoms with E-state index in [1.54, 1.807) is 24.3 Å². The fourth-order valence-electron chi connectivity index (χ4n) is 3.56. The van der Waals surface area contributed by atoms with Crippen LogP contribution in [0.2, 0.25) is 5.02 Å². The van der Waals surface area contributed by atoms with Crippen LogP contribution in [-0.4, -0.2) is 15.5 Å². The molecule has 10 heteroatoms. The minimum atomic E-state index is -4.63. The van der Waals surface area contributed by atoms with Crippen molar-refractivity contribution in [3.05, 3.63) is 80.7 Å². The van der Waals surface area contributed by atoms with Crippen molar-refractivity contribution in [3.63, 3.8) is 0 Å². The van der Waals surface area contributed by atoms with Crippen molar-refractivity contribution in [3.8, 4) is 11.1 Å². The minimum absolute atomic E-state index is 0.345. The summed E-state index contributed by atoms with van der Waals surface area (Å²) in [6, 6.07) is 10.6. The Morgan fingerprint density at radius 2 is 1.82 bits per heavy atom. The van der Waals surface area contributed by atoms with Gasteiger partial charge in [-0.15, -0.1) is 11.3 Å². The van der Waals surface area contributed by atoms with Gasteiger partial charge in [0.25, 0.3) is 5.56 Å². The molecule has 4 aromatic rings. The number of aryl methyl sites for hydroxylation is 1. The summed E-state index contributed by atoms with van der Waals surface area (Å²) in [5.74, 6) is -0.769. The Morgan fingerprint density at radius 3 is 2.48 bits per heavy atom. The maximum absolute atomic E-state index is 13.4. The molecule has 170 valence electrons. The fraction of sp³-hybridized carbons (Fsp3) is 0.174. The zero-order chi connectivity index (χ0) is 23.9. The van der Waals surface area contributed by atoms with Crippen LogP contribution >= 0.6 is 22.9 Å². The molecule has 0 spiro atoms. The smallest absolute Gasteiger partial charge is 0.324 e. The first-order valence-electron chi connectivity index (χ1n) is 9.81. The zero-order valence-electron chi connectivity index (χ0n) is 17.4. The average molecular weight is 492 g/mol. The predicted molar refractivity (Wildman–Crippen MR) is 124 cm³/mol. The van der Waals surface area contributed by atoms with Gasteiger partial charge in [0, 0.05) is 15.5 Å². The van der Waals surface area contributed by atoms with E-state index in [0.717, 1.165) is 21.1 Å². The Labute approximate surface area is 195 Å². The molecule has 0 aliphatic carbocycles. The van der Waals surface area contributed by atoms with Crippen LogP contribution in [0.5, 0.6) is 0 Å². The third kappa shape index (κ3) is 4.38. The second-order valence-corrected chi connectivity index (χ2v) is 9.03. The van der Waals surface area contributed by atoms with Gasteiger partial charge < -0.3 is 5.32 Å². The molecule has 1 amide bonds. The van der Waals surface area contributed by atoms with Gasteiger partial charge in [0.05, 0.1) is 23.0 Å². The van der Waals surface area contributed by atoms with E-state index >= 15 is 0 Å². The van der Waals surface area contributed by atoms with E-state index in [9.17, 15) is 22.8 Å². The first kappa shape index (κ1) is 23.0. The van der Waals surface area contributed by atoms with Crippen LogP contribution in [0.15, 0.2) is 59.7 Å². The lowest BCUT2D eigenvalue weighted by Gasteiger charge is -2.18. The predicted octanol–water partition coefficient (Wildman–Crippen LogP) is 6.31. The molecule has 2 aromatic carbocycles. The summed E-state index contributed by atoms with van der Waals surface area (Å²) in [6.07, 6.45) is -3.39. The van der Waals surface area contributed by atoms with Gasteiger partial charge in [0.1, 0.15) is 10.9 Å². The third-order valence-corrected chi connectivity index (χ3v) is 6.50. The number of aromatic nitrogens is 2. The van der Waals surface area contributed by atoms with Crippen LogP contribution in [0.3, 0.4) is 0 Å². The second kappa shape index (κ2) is 8.64. The number of alkyl halides is 3. The van der Waals surface area contributed by atoms with Crippen molar-refractivity contribution >= 4 is 44.7 Å². The number of nitrogens with one attached hydrogen (secondary N) is 1. The molecule has 0 aliphatic rings. The van der Waals surface area contributed by atoms with E-state index in [0.29, 0.717) is 20.8 Å². The van der Waals surface area contributed by atoms with Crippen molar-refractivity contribution in [2.45, 2.75) is 26.1 Å². The Bertz CT molecular complexity index is 1410. The van der Waals surface area contributed by atoms with Gasteiger partial charge in [0.15, 0.2) is 0 Å². The highest BCUT2D eigenvalue weighted by Crippen LogP contribution is 2.37. The number of amides is 1. The first-order chi connectivity index (χ1) is 15.6. The lowest BCUT2D eigenvalue weighted by Crippen LogP contribution is -2.32. The summed E-state index contributed by atoms with van der Waals surface area (Å²) >= 11 is 7.32. The Morgan fingerprint density at radius 1 is 1.15 bits per heavy atom. The molecular weight excluding hydrogens is 475 g/mol. The summed E-state index contributed by atoms with van der Waals surface area (Å²) in [5.41, 5.74) is -0.340. The highest BCUT2D eigenvalue weighted by molar-refractivity contribution is 7.19. The normalized spacial score (nSPS) is 12.7. The number of carbonyl (C=O) groups excluding carboxylic acids is 1. The molecule has 0 saturated carbocycles. The quantitative estimate of drug-likeness (QED) is 0.364. The number of carbonyl (C=O) groups is 1. The van der Waals surface area contributed by atoms with Crippen molar-refractivity contribution in [1.82, 2.24) is 9.55 Å². The molecule has 0 radical (unpaired) electrons. The molecule has 2 aromatic heterocycles. The van der Waals surface area contributed by atoms with Crippen molar-refractivity contribution < 1.29 is 18.0 Å². The average Bonchev–Trinajstić information content (AvgIpc) is 3.10. The zero-order valence-corrected chi connectivity index (χ0v) is 19.0. The molecule has 0 aliphatic heterocycles. The number of nitrogens with zero attached hydrogens (tertiary/aromatic N) is 2. The second-order valence-electron chi connectivity index (χ2n) is 7.39. The molecule has 5 nitrogen and oxygen atoms in total. The molecule has 0 bridgehead atoms. The van der Waals surface area contributed by atoms with E-state index in [4.69, 9.17) is 11.6 Å². The Hall–Kier alpha value is -3.17. The van der Waals surface area contributed by atoms with Crippen LogP contribution in [0.4, 0.5) is 18.9 Å². The number of thiophene rings is 1. The highest BCUT2D eigenvalue weighted by atomic mass is 35.5. The van der Waals surface area contributed by atoms with Gasteiger partial charge in [-0.25, -0.2) is 4.98 Å². The summed E-state index contributed by atoms with van der Waals surface area (Å²) in [7, 11) is 0. The molecule has 1 atom stereocenters. The van der Waals surface area contributed by atoms with E-state index < -0.39 is 29.2 Å². The van der Waals surface area contributed by atoms with E-state index in [1.807, 2.05) is 6.92 Å². The number of halogens is 4. The maximum Gasteiger partial charge on any atom is 0.418 e. The van der Waals surface area contributed by atoms with Crippen molar-refractivity contribution in [2.75, 3.05) is 5.32 Å². The van der Waals surface area contributed by atoms with E-state index in [2.05, 4.69) is 10.3 Å². The van der Waals surface area contributed by atoms with Crippen LogP contribution in [-0.2, 0) is 11.0 Å². The monoisotopic (exact) mass is 491 g/mol. The van der Waals surface area contributed by atoms with E-state index in [-0.39, 0.29) is 5.69 Å². The minimum Gasteiger partial charge on any atom is -0.324 e. The van der Waals surface area contributed by atoms with Crippen LogP contribution < -0.4 is 10.9 Å². The Balaban J connectivity index is 1.74. The molecule has 0 saturated heterocycles. The lowest BCUT2D eigenvalue weighted by atomic mass is 10.0. The number of para-hydroxylation sites is 1. The maximum atomic E-state index is 13.4. The molecule has 1 N–H and O–H groups in total. The summed E-state index contributed by atoms with van der Waals surface area (Å²) < 4.78 is 40.9. The molecular formula is C23H17ClF3N3O2S. The lowest BCUT2D eigenvalue weighted by molar-refractivity contribution is -0.137. The highest BCUT2D eigenvalue weighted by Gasteiger charge is 2.34. The number of hydrogen-bond donors (Lipinski definition) is 1.